The lowest BCUT2D eigenvalue weighted by atomic mass is 10.0. The van der Waals surface area contributed by atoms with Gasteiger partial charge in [-0.05, 0) is 24.1 Å². The van der Waals surface area contributed by atoms with Crippen LogP contribution in [0.15, 0.2) is 66.5 Å². The van der Waals surface area contributed by atoms with Crippen LogP contribution in [0.3, 0.4) is 0 Å². The van der Waals surface area contributed by atoms with E-state index in [0.717, 1.165) is 24.5 Å². The van der Waals surface area contributed by atoms with E-state index < -0.39 is 0 Å². The van der Waals surface area contributed by atoms with Crippen molar-refractivity contribution < 1.29 is 0 Å². The van der Waals surface area contributed by atoms with E-state index in [4.69, 9.17) is 0 Å². The summed E-state index contributed by atoms with van der Waals surface area (Å²) in [6.07, 6.45) is 3.18. The predicted octanol–water partition coefficient (Wildman–Crippen LogP) is 3.62. The van der Waals surface area contributed by atoms with Gasteiger partial charge < -0.3 is 5.32 Å². The summed E-state index contributed by atoms with van der Waals surface area (Å²) in [7, 11) is 0. The van der Waals surface area contributed by atoms with E-state index >= 15 is 0 Å². The van der Waals surface area contributed by atoms with Crippen LogP contribution in [0.25, 0.3) is 11.1 Å². The molecule has 2 aromatic rings. The highest BCUT2D eigenvalue weighted by Gasteiger charge is 2.08. The van der Waals surface area contributed by atoms with Crippen LogP contribution in [0.4, 0.5) is 5.69 Å². The molecule has 1 N–H and O–H groups in total. The molecule has 0 aromatic heterocycles. The van der Waals surface area contributed by atoms with Gasteiger partial charge in [-0.2, -0.15) is 0 Å². The van der Waals surface area contributed by atoms with Crippen LogP contribution < -0.4 is 10.6 Å². The molecule has 0 amide bonds. The molecular formula is C16H15N2. The number of hydrogen-bond acceptors (Lipinski definition) is 1. The number of rotatable bonds is 3. The van der Waals surface area contributed by atoms with Gasteiger partial charge in [-0.25, -0.2) is 0 Å². The van der Waals surface area contributed by atoms with Crippen LogP contribution in [0.5, 0.6) is 0 Å². The van der Waals surface area contributed by atoms with Gasteiger partial charge in [-0.3, -0.25) is 5.32 Å². The minimum absolute atomic E-state index is 0.899. The highest BCUT2D eigenvalue weighted by molar-refractivity contribution is 5.78. The van der Waals surface area contributed by atoms with Crippen molar-refractivity contribution in [3.05, 3.63) is 66.5 Å². The molecule has 1 heterocycles. The third-order valence-corrected chi connectivity index (χ3v) is 3.02. The Morgan fingerprint density at radius 3 is 2.44 bits per heavy atom. The quantitative estimate of drug-likeness (QED) is 0.864. The zero-order valence-corrected chi connectivity index (χ0v) is 10.1. The van der Waals surface area contributed by atoms with Crippen molar-refractivity contribution in [3.8, 4) is 11.1 Å². The van der Waals surface area contributed by atoms with Gasteiger partial charge in [0.1, 0.15) is 5.82 Å². The Balaban J connectivity index is 1.95. The van der Waals surface area contributed by atoms with Gasteiger partial charge in [0, 0.05) is 17.8 Å². The Kier molecular flexibility index (Phi) is 3.01. The van der Waals surface area contributed by atoms with Crippen LogP contribution in [0.2, 0.25) is 0 Å². The van der Waals surface area contributed by atoms with E-state index in [1.807, 2.05) is 12.1 Å². The fourth-order valence-corrected chi connectivity index (χ4v) is 2.14. The smallest absolute Gasteiger partial charge is 0.121 e. The molecule has 0 unspecified atom stereocenters. The van der Waals surface area contributed by atoms with Crippen molar-refractivity contribution in [3.63, 3.8) is 0 Å². The molecule has 3 rings (SSSR count). The monoisotopic (exact) mass is 235 g/mol. The number of anilines is 1. The largest absolute Gasteiger partial charge is 0.340 e. The number of hydrogen-bond donors (Lipinski definition) is 1. The van der Waals surface area contributed by atoms with Crippen LogP contribution in [0, 0.1) is 0 Å². The molecule has 1 aliphatic rings. The summed E-state index contributed by atoms with van der Waals surface area (Å²) in [4.78, 5) is 0. The summed E-state index contributed by atoms with van der Waals surface area (Å²) < 4.78 is 0. The lowest BCUT2D eigenvalue weighted by Crippen LogP contribution is -2.08. The van der Waals surface area contributed by atoms with Crippen molar-refractivity contribution in [1.82, 2.24) is 5.32 Å². The first-order chi connectivity index (χ1) is 8.93. The highest BCUT2D eigenvalue weighted by atomic mass is 15.1. The molecule has 0 bridgehead atoms. The fraction of sp³-hybridized carbons (Fsp3) is 0.125. The standard InChI is InChI=1S/C16H15N2/c1-2-7-13(8-3-1)14-9-4-5-10-15(14)18-16-11-6-12-17-16/h1-5,7-11,18H,6,12H2. The Bertz CT molecular complexity index is 558. The molecule has 0 fully saturated rings. The fourth-order valence-electron chi connectivity index (χ4n) is 2.14. The second kappa shape index (κ2) is 4.96. The second-order valence-electron chi connectivity index (χ2n) is 4.30. The van der Waals surface area contributed by atoms with Crippen LogP contribution in [-0.4, -0.2) is 6.54 Å². The van der Waals surface area contributed by atoms with Gasteiger partial charge in [-0.15, -0.1) is 0 Å². The number of para-hydroxylation sites is 1. The third kappa shape index (κ3) is 2.23. The number of nitrogens with one attached hydrogen (secondary N) is 1. The summed E-state index contributed by atoms with van der Waals surface area (Å²) in [5.74, 6) is 0.985. The van der Waals surface area contributed by atoms with Gasteiger partial charge in [0.15, 0.2) is 0 Å². The second-order valence-corrected chi connectivity index (χ2v) is 4.30. The maximum Gasteiger partial charge on any atom is 0.121 e. The molecule has 0 spiro atoms. The highest BCUT2D eigenvalue weighted by Crippen LogP contribution is 2.28. The maximum atomic E-state index is 4.42. The topological polar surface area (TPSA) is 26.1 Å². The van der Waals surface area contributed by atoms with E-state index in [1.165, 1.54) is 11.1 Å². The summed E-state index contributed by atoms with van der Waals surface area (Å²) >= 11 is 0. The van der Waals surface area contributed by atoms with Crippen molar-refractivity contribution >= 4 is 5.69 Å². The van der Waals surface area contributed by atoms with Gasteiger partial charge in [0.25, 0.3) is 0 Å². The van der Waals surface area contributed by atoms with E-state index in [1.54, 1.807) is 0 Å². The zero-order chi connectivity index (χ0) is 12.2. The summed E-state index contributed by atoms with van der Waals surface area (Å²) in [6, 6.07) is 18.7. The van der Waals surface area contributed by atoms with E-state index in [-0.39, 0.29) is 0 Å². The average Bonchev–Trinajstić information content (AvgIpc) is 2.93. The normalized spacial score (nSPS) is 13.9. The average molecular weight is 235 g/mol. The molecule has 1 radical (unpaired) electrons. The first kappa shape index (κ1) is 10.9. The predicted molar refractivity (Wildman–Crippen MR) is 75.2 cm³/mol. The van der Waals surface area contributed by atoms with Crippen LogP contribution in [0.1, 0.15) is 6.42 Å². The molecule has 2 nitrogen and oxygen atoms in total. The maximum absolute atomic E-state index is 4.42. The Hall–Kier alpha value is -2.22. The molecule has 0 saturated heterocycles. The lowest BCUT2D eigenvalue weighted by Gasteiger charge is -2.12. The van der Waals surface area contributed by atoms with Crippen molar-refractivity contribution in [2.75, 3.05) is 11.9 Å². The van der Waals surface area contributed by atoms with Crippen LogP contribution in [-0.2, 0) is 0 Å². The molecule has 0 aliphatic carbocycles. The summed E-state index contributed by atoms with van der Waals surface area (Å²) in [5.41, 5.74) is 3.54. The molecule has 89 valence electrons. The molecule has 1 aliphatic heterocycles. The first-order valence-corrected chi connectivity index (χ1v) is 6.22. The minimum atomic E-state index is 0.899. The van der Waals surface area contributed by atoms with Gasteiger partial charge in [-0.1, -0.05) is 48.5 Å². The zero-order valence-electron chi connectivity index (χ0n) is 10.1. The molecular weight excluding hydrogens is 220 g/mol. The van der Waals surface area contributed by atoms with Gasteiger partial charge in [0.2, 0.25) is 0 Å². The Morgan fingerprint density at radius 2 is 1.67 bits per heavy atom. The van der Waals surface area contributed by atoms with E-state index in [9.17, 15) is 0 Å². The first-order valence-electron chi connectivity index (χ1n) is 6.22. The molecule has 0 saturated carbocycles. The Labute approximate surface area is 107 Å². The molecule has 2 aromatic carbocycles. The Morgan fingerprint density at radius 1 is 0.889 bits per heavy atom. The number of benzene rings is 2. The molecule has 18 heavy (non-hydrogen) atoms. The van der Waals surface area contributed by atoms with Crippen molar-refractivity contribution in [1.29, 1.82) is 0 Å². The third-order valence-electron chi connectivity index (χ3n) is 3.02. The van der Waals surface area contributed by atoms with Crippen LogP contribution >= 0.6 is 0 Å². The minimum Gasteiger partial charge on any atom is -0.340 e. The lowest BCUT2D eigenvalue weighted by molar-refractivity contribution is 0.862. The van der Waals surface area contributed by atoms with Crippen molar-refractivity contribution in [2.45, 2.75) is 6.42 Å². The van der Waals surface area contributed by atoms with Gasteiger partial charge >= 0.3 is 0 Å². The van der Waals surface area contributed by atoms with E-state index in [2.05, 4.69) is 59.2 Å². The SMILES string of the molecule is C1=C(Nc2ccccc2-c2ccccc2)[N]CC1. The molecule has 2 heteroatoms. The molecule has 0 atom stereocenters. The van der Waals surface area contributed by atoms with Gasteiger partial charge in [0.05, 0.1) is 0 Å². The van der Waals surface area contributed by atoms with E-state index in [0.29, 0.717) is 0 Å². The summed E-state index contributed by atoms with van der Waals surface area (Å²) in [5, 5.41) is 7.82. The summed E-state index contributed by atoms with van der Waals surface area (Å²) in [6.45, 7) is 0.899. The van der Waals surface area contributed by atoms with Crippen molar-refractivity contribution in [2.24, 2.45) is 0 Å². The number of nitrogens with zero attached hydrogens (tertiary/aromatic N) is 1.